The lowest BCUT2D eigenvalue weighted by molar-refractivity contribution is 0.515. The Morgan fingerprint density at radius 3 is 2.41 bits per heavy atom. The van der Waals surface area contributed by atoms with Gasteiger partial charge in [0.2, 0.25) is 0 Å². The van der Waals surface area contributed by atoms with Crippen LogP contribution in [0.3, 0.4) is 0 Å². The number of fused-ring (bicyclic) bond motifs is 1. The van der Waals surface area contributed by atoms with E-state index in [9.17, 15) is 0 Å². The summed E-state index contributed by atoms with van der Waals surface area (Å²) >= 11 is 0. The smallest absolute Gasteiger partial charge is 0.0207 e. The largest absolute Gasteiger partial charge is 0.310 e. The molecular weight excluding hydrogens is 266 g/mol. The fraction of sp³-hybridized carbons (Fsp3) is 0.238. The summed E-state index contributed by atoms with van der Waals surface area (Å²) in [5, 5.41) is 6.34. The maximum Gasteiger partial charge on any atom is 0.0207 e. The van der Waals surface area contributed by atoms with Crippen molar-refractivity contribution in [1.29, 1.82) is 0 Å². The van der Waals surface area contributed by atoms with Crippen LogP contribution in [0.4, 0.5) is 0 Å². The Hall–Kier alpha value is -2.12. The highest BCUT2D eigenvalue weighted by Gasteiger charge is 2.05. The Morgan fingerprint density at radius 2 is 1.55 bits per heavy atom. The summed E-state index contributed by atoms with van der Waals surface area (Å²) in [4.78, 5) is 0. The van der Waals surface area contributed by atoms with Crippen molar-refractivity contribution >= 4 is 10.8 Å². The van der Waals surface area contributed by atoms with E-state index in [2.05, 4.69) is 85.0 Å². The lowest BCUT2D eigenvalue weighted by atomic mass is 9.99. The van der Waals surface area contributed by atoms with Gasteiger partial charge >= 0.3 is 0 Å². The fourth-order valence-corrected chi connectivity index (χ4v) is 2.87. The molecule has 3 aromatic rings. The van der Waals surface area contributed by atoms with E-state index in [1.54, 1.807) is 0 Å². The summed E-state index contributed by atoms with van der Waals surface area (Å²) in [6.45, 7) is 3.21. The topological polar surface area (TPSA) is 12.0 Å². The fourth-order valence-electron chi connectivity index (χ4n) is 2.87. The second kappa shape index (κ2) is 7.24. The SMILES string of the molecule is CC(CCc1cccc2ccccc12)NCc1ccccc1. The van der Waals surface area contributed by atoms with Crippen molar-refractivity contribution in [2.24, 2.45) is 0 Å². The number of benzene rings is 3. The van der Waals surface area contributed by atoms with E-state index < -0.39 is 0 Å². The summed E-state index contributed by atoms with van der Waals surface area (Å²) in [6, 6.07) is 26.4. The Labute approximate surface area is 133 Å². The molecule has 22 heavy (non-hydrogen) atoms. The Kier molecular flexibility index (Phi) is 4.87. The maximum absolute atomic E-state index is 3.62. The average molecular weight is 289 g/mol. The zero-order valence-electron chi connectivity index (χ0n) is 13.1. The van der Waals surface area contributed by atoms with Crippen molar-refractivity contribution in [2.45, 2.75) is 32.4 Å². The molecule has 3 rings (SSSR count). The summed E-state index contributed by atoms with van der Waals surface area (Å²) in [5.74, 6) is 0. The van der Waals surface area contributed by atoms with Gasteiger partial charge in [-0.05, 0) is 41.7 Å². The van der Waals surface area contributed by atoms with Crippen LogP contribution in [0.1, 0.15) is 24.5 Å². The molecule has 0 aliphatic carbocycles. The Morgan fingerprint density at radius 1 is 0.818 bits per heavy atom. The molecule has 1 heteroatoms. The highest BCUT2D eigenvalue weighted by Crippen LogP contribution is 2.20. The van der Waals surface area contributed by atoms with Crippen molar-refractivity contribution in [3.63, 3.8) is 0 Å². The van der Waals surface area contributed by atoms with Crippen molar-refractivity contribution in [2.75, 3.05) is 0 Å². The molecule has 0 saturated carbocycles. The molecular formula is C21H23N. The number of hydrogen-bond donors (Lipinski definition) is 1. The van der Waals surface area contributed by atoms with Gasteiger partial charge in [-0.15, -0.1) is 0 Å². The quantitative estimate of drug-likeness (QED) is 0.677. The van der Waals surface area contributed by atoms with Crippen LogP contribution in [0, 0.1) is 0 Å². The third-order valence-electron chi connectivity index (χ3n) is 4.22. The number of nitrogens with one attached hydrogen (secondary N) is 1. The van der Waals surface area contributed by atoms with Crippen molar-refractivity contribution in [3.8, 4) is 0 Å². The summed E-state index contributed by atoms with van der Waals surface area (Å²) in [6.07, 6.45) is 2.27. The third-order valence-corrected chi connectivity index (χ3v) is 4.22. The average Bonchev–Trinajstić information content (AvgIpc) is 2.59. The predicted molar refractivity (Wildman–Crippen MR) is 95.0 cm³/mol. The van der Waals surface area contributed by atoms with Crippen molar-refractivity contribution in [1.82, 2.24) is 5.32 Å². The third kappa shape index (κ3) is 3.75. The van der Waals surface area contributed by atoms with Gasteiger partial charge in [0.1, 0.15) is 0 Å². The van der Waals surface area contributed by atoms with Crippen LogP contribution >= 0.6 is 0 Å². The molecule has 0 bridgehead atoms. The van der Waals surface area contributed by atoms with Crippen LogP contribution in [-0.4, -0.2) is 6.04 Å². The van der Waals surface area contributed by atoms with E-state index in [1.165, 1.54) is 21.9 Å². The van der Waals surface area contributed by atoms with Gasteiger partial charge in [0.25, 0.3) is 0 Å². The molecule has 1 N–H and O–H groups in total. The van der Waals surface area contributed by atoms with Gasteiger partial charge in [0.15, 0.2) is 0 Å². The number of rotatable bonds is 6. The van der Waals surface area contributed by atoms with E-state index in [4.69, 9.17) is 0 Å². The molecule has 1 unspecified atom stereocenters. The first-order chi connectivity index (χ1) is 10.8. The first-order valence-corrected chi connectivity index (χ1v) is 8.07. The molecule has 0 spiro atoms. The monoisotopic (exact) mass is 289 g/mol. The highest BCUT2D eigenvalue weighted by molar-refractivity contribution is 5.85. The molecule has 1 atom stereocenters. The standard InChI is InChI=1S/C21H23N/c1-17(22-16-18-8-3-2-4-9-18)14-15-20-12-7-11-19-10-5-6-13-21(19)20/h2-13,17,22H,14-16H2,1H3. The van der Waals surface area contributed by atoms with Crippen LogP contribution in [0.15, 0.2) is 72.8 Å². The first-order valence-electron chi connectivity index (χ1n) is 8.07. The van der Waals surface area contributed by atoms with Gasteiger partial charge in [0, 0.05) is 12.6 Å². The van der Waals surface area contributed by atoms with Gasteiger partial charge < -0.3 is 5.32 Å². The van der Waals surface area contributed by atoms with Gasteiger partial charge in [-0.25, -0.2) is 0 Å². The molecule has 112 valence electrons. The Bertz CT molecular complexity index is 713. The lowest BCUT2D eigenvalue weighted by Crippen LogP contribution is -2.25. The minimum Gasteiger partial charge on any atom is -0.310 e. The molecule has 0 amide bonds. The summed E-state index contributed by atoms with van der Waals surface area (Å²) in [7, 11) is 0. The normalized spacial score (nSPS) is 12.4. The lowest BCUT2D eigenvalue weighted by Gasteiger charge is -2.14. The van der Waals surface area contributed by atoms with Crippen LogP contribution < -0.4 is 5.32 Å². The molecule has 0 heterocycles. The molecule has 0 saturated heterocycles. The molecule has 0 fully saturated rings. The molecule has 0 aliphatic heterocycles. The second-order valence-corrected chi connectivity index (χ2v) is 5.94. The summed E-state index contributed by atoms with van der Waals surface area (Å²) < 4.78 is 0. The van der Waals surface area contributed by atoms with Crippen LogP contribution in [0.25, 0.3) is 10.8 Å². The molecule has 1 nitrogen and oxygen atoms in total. The minimum absolute atomic E-state index is 0.513. The number of hydrogen-bond acceptors (Lipinski definition) is 1. The zero-order chi connectivity index (χ0) is 15.2. The van der Waals surface area contributed by atoms with Gasteiger partial charge in [-0.1, -0.05) is 72.8 Å². The van der Waals surface area contributed by atoms with Crippen LogP contribution in [-0.2, 0) is 13.0 Å². The molecule has 0 radical (unpaired) electrons. The zero-order valence-corrected chi connectivity index (χ0v) is 13.1. The van der Waals surface area contributed by atoms with Crippen molar-refractivity contribution in [3.05, 3.63) is 83.9 Å². The molecule has 3 aromatic carbocycles. The van der Waals surface area contributed by atoms with Crippen LogP contribution in [0.2, 0.25) is 0 Å². The molecule has 0 aliphatic rings. The van der Waals surface area contributed by atoms with Crippen LogP contribution in [0.5, 0.6) is 0 Å². The van der Waals surface area contributed by atoms with E-state index in [0.29, 0.717) is 6.04 Å². The van der Waals surface area contributed by atoms with Gasteiger partial charge in [0.05, 0.1) is 0 Å². The van der Waals surface area contributed by atoms with Gasteiger partial charge in [-0.3, -0.25) is 0 Å². The second-order valence-electron chi connectivity index (χ2n) is 5.94. The maximum atomic E-state index is 3.62. The highest BCUT2D eigenvalue weighted by atomic mass is 14.9. The van der Waals surface area contributed by atoms with E-state index >= 15 is 0 Å². The minimum atomic E-state index is 0.513. The van der Waals surface area contributed by atoms with E-state index in [0.717, 1.165) is 19.4 Å². The number of aryl methyl sites for hydroxylation is 1. The Balaban J connectivity index is 1.57. The van der Waals surface area contributed by atoms with Crippen molar-refractivity contribution < 1.29 is 0 Å². The van der Waals surface area contributed by atoms with Gasteiger partial charge in [-0.2, -0.15) is 0 Å². The van der Waals surface area contributed by atoms with E-state index in [1.807, 2.05) is 0 Å². The van der Waals surface area contributed by atoms with E-state index in [-0.39, 0.29) is 0 Å². The predicted octanol–water partition coefficient (Wildman–Crippen LogP) is 4.95. The molecule has 0 aromatic heterocycles. The first kappa shape index (κ1) is 14.8. The summed E-state index contributed by atoms with van der Waals surface area (Å²) in [5.41, 5.74) is 2.80.